The Bertz CT molecular complexity index is 197. The average Bonchev–Trinajstić information content (AvgIpc) is 2.36. The molecule has 0 aromatic rings. The van der Waals surface area contributed by atoms with Crippen molar-refractivity contribution in [1.82, 2.24) is 14.7 Å². The van der Waals surface area contributed by atoms with Gasteiger partial charge in [-0.1, -0.05) is 12.8 Å². The Morgan fingerprint density at radius 1 is 0.688 bits per heavy atom. The molecule has 1 saturated heterocycles. The van der Waals surface area contributed by atoms with Gasteiger partial charge in [-0.15, -0.1) is 0 Å². The summed E-state index contributed by atoms with van der Waals surface area (Å²) in [6.45, 7) is 4.89. The van der Waals surface area contributed by atoms with Gasteiger partial charge in [-0.2, -0.15) is 0 Å². The minimum absolute atomic E-state index is 0.797. The van der Waals surface area contributed by atoms with E-state index in [1.165, 1.54) is 51.9 Å². The van der Waals surface area contributed by atoms with Crippen LogP contribution in [0.15, 0.2) is 0 Å². The second-order valence-corrected chi connectivity index (χ2v) is 5.68. The highest BCUT2D eigenvalue weighted by Gasteiger charge is 2.31. The third-order valence-corrected chi connectivity index (χ3v) is 4.50. The van der Waals surface area contributed by atoms with Gasteiger partial charge in [-0.05, 0) is 34.0 Å². The minimum atomic E-state index is 0.797. The molecule has 0 N–H and O–H groups in total. The quantitative estimate of drug-likeness (QED) is 0.611. The van der Waals surface area contributed by atoms with Crippen molar-refractivity contribution in [1.29, 1.82) is 0 Å². The highest BCUT2D eigenvalue weighted by molar-refractivity contribution is 4.89. The van der Waals surface area contributed by atoms with Crippen molar-refractivity contribution in [3.63, 3.8) is 0 Å². The van der Waals surface area contributed by atoms with E-state index in [-0.39, 0.29) is 0 Å². The van der Waals surface area contributed by atoms with Crippen LogP contribution < -0.4 is 0 Å². The molecule has 0 bridgehead atoms. The van der Waals surface area contributed by atoms with E-state index in [4.69, 9.17) is 0 Å². The van der Waals surface area contributed by atoms with Gasteiger partial charge in [0.05, 0.1) is 0 Å². The molecule has 0 radical (unpaired) electrons. The maximum atomic E-state index is 2.60. The Hall–Kier alpha value is -0.120. The number of hydrogen-bond acceptors (Lipinski definition) is 3. The monoisotopic (exact) mass is 225 g/mol. The maximum absolute atomic E-state index is 2.60. The van der Waals surface area contributed by atoms with Crippen molar-refractivity contribution >= 4 is 0 Å². The van der Waals surface area contributed by atoms with Gasteiger partial charge in [0.25, 0.3) is 0 Å². The first-order valence-electron chi connectivity index (χ1n) is 6.77. The molecule has 2 fully saturated rings. The van der Waals surface area contributed by atoms with E-state index in [1.54, 1.807) is 0 Å². The van der Waals surface area contributed by atoms with Crippen molar-refractivity contribution in [2.75, 3.05) is 47.3 Å². The number of rotatable bonds is 0. The number of hydrogen-bond donors (Lipinski definition) is 0. The topological polar surface area (TPSA) is 9.72 Å². The number of fused-ring (bicyclic) bond motifs is 1. The van der Waals surface area contributed by atoms with Crippen LogP contribution in [-0.2, 0) is 0 Å². The highest BCUT2D eigenvalue weighted by Crippen LogP contribution is 2.26. The fourth-order valence-electron chi connectivity index (χ4n) is 3.22. The van der Waals surface area contributed by atoms with Crippen molar-refractivity contribution in [3.05, 3.63) is 0 Å². The van der Waals surface area contributed by atoms with Crippen LogP contribution in [0.1, 0.15) is 25.7 Å². The molecule has 0 amide bonds. The van der Waals surface area contributed by atoms with Gasteiger partial charge >= 0.3 is 0 Å². The standard InChI is InChI=1S/C13H27N3/c1-14-8-10-15(2)12-6-4-5-7-13(12)16(3)11-9-14/h12-13H,4-11H2,1-3H3. The normalized spacial score (nSPS) is 36.2. The SMILES string of the molecule is CN1CCN(C)C2CCCCC2N(C)CC1. The van der Waals surface area contributed by atoms with Gasteiger partial charge in [0.15, 0.2) is 0 Å². The summed E-state index contributed by atoms with van der Waals surface area (Å²) in [6, 6.07) is 1.59. The van der Waals surface area contributed by atoms with Crippen molar-refractivity contribution < 1.29 is 0 Å². The first-order valence-corrected chi connectivity index (χ1v) is 6.77. The smallest absolute Gasteiger partial charge is 0.0248 e. The molecule has 3 nitrogen and oxygen atoms in total. The summed E-state index contributed by atoms with van der Waals surface area (Å²) in [7, 11) is 6.88. The number of nitrogens with zero attached hydrogens (tertiary/aromatic N) is 3. The van der Waals surface area contributed by atoms with Gasteiger partial charge < -0.3 is 14.7 Å². The van der Waals surface area contributed by atoms with E-state index < -0.39 is 0 Å². The Labute approximate surface area is 100 Å². The average molecular weight is 225 g/mol. The Morgan fingerprint density at radius 2 is 1.12 bits per heavy atom. The zero-order valence-electron chi connectivity index (χ0n) is 11.2. The van der Waals surface area contributed by atoms with Crippen LogP contribution in [0.25, 0.3) is 0 Å². The minimum Gasteiger partial charge on any atom is -0.304 e. The number of likely N-dealkylation sites (N-methyl/N-ethyl adjacent to an activating group) is 3. The van der Waals surface area contributed by atoms with Gasteiger partial charge in [0, 0.05) is 38.3 Å². The first-order chi connectivity index (χ1) is 7.68. The van der Waals surface area contributed by atoms with Crippen LogP contribution in [-0.4, -0.2) is 74.1 Å². The Kier molecular flexibility index (Phi) is 4.22. The van der Waals surface area contributed by atoms with Gasteiger partial charge in [0.1, 0.15) is 0 Å². The summed E-state index contributed by atoms with van der Waals surface area (Å²) in [5, 5.41) is 0. The molecule has 0 aromatic carbocycles. The van der Waals surface area contributed by atoms with E-state index in [2.05, 4.69) is 35.8 Å². The molecular weight excluding hydrogens is 198 g/mol. The van der Waals surface area contributed by atoms with Crippen LogP contribution in [0.2, 0.25) is 0 Å². The molecule has 2 rings (SSSR count). The van der Waals surface area contributed by atoms with E-state index >= 15 is 0 Å². The predicted octanol–water partition coefficient (Wildman–Crippen LogP) is 1.11. The van der Waals surface area contributed by atoms with Crippen molar-refractivity contribution in [2.24, 2.45) is 0 Å². The lowest BCUT2D eigenvalue weighted by molar-refractivity contribution is 0.0869. The van der Waals surface area contributed by atoms with Crippen LogP contribution in [0.4, 0.5) is 0 Å². The van der Waals surface area contributed by atoms with Gasteiger partial charge in [0.2, 0.25) is 0 Å². The zero-order chi connectivity index (χ0) is 11.5. The molecule has 0 aromatic heterocycles. The molecule has 2 unspecified atom stereocenters. The lowest BCUT2D eigenvalue weighted by atomic mass is 9.88. The lowest BCUT2D eigenvalue weighted by Crippen LogP contribution is -2.51. The summed E-state index contributed by atoms with van der Waals surface area (Å²) < 4.78 is 0. The predicted molar refractivity (Wildman–Crippen MR) is 68.8 cm³/mol. The maximum Gasteiger partial charge on any atom is 0.0248 e. The molecule has 1 heterocycles. The summed E-state index contributed by atoms with van der Waals surface area (Å²) in [5.41, 5.74) is 0. The summed E-state index contributed by atoms with van der Waals surface area (Å²) in [4.78, 5) is 7.66. The fraction of sp³-hybridized carbons (Fsp3) is 1.00. The second kappa shape index (κ2) is 5.48. The summed E-state index contributed by atoms with van der Waals surface area (Å²) >= 11 is 0. The van der Waals surface area contributed by atoms with E-state index in [0.29, 0.717) is 0 Å². The summed E-state index contributed by atoms with van der Waals surface area (Å²) in [5.74, 6) is 0. The third-order valence-electron chi connectivity index (χ3n) is 4.50. The molecule has 0 spiro atoms. The van der Waals surface area contributed by atoms with Crippen LogP contribution >= 0.6 is 0 Å². The molecule has 1 saturated carbocycles. The lowest BCUT2D eigenvalue weighted by Gasteiger charge is -2.41. The molecule has 2 atom stereocenters. The third kappa shape index (κ3) is 2.76. The molecule has 94 valence electrons. The van der Waals surface area contributed by atoms with Crippen LogP contribution in [0.3, 0.4) is 0 Å². The van der Waals surface area contributed by atoms with E-state index in [0.717, 1.165) is 12.1 Å². The van der Waals surface area contributed by atoms with Crippen LogP contribution in [0.5, 0.6) is 0 Å². The first kappa shape index (κ1) is 12.3. The largest absolute Gasteiger partial charge is 0.304 e. The highest BCUT2D eigenvalue weighted by atomic mass is 15.3. The molecule has 3 heteroatoms. The van der Waals surface area contributed by atoms with Gasteiger partial charge in [-0.3, -0.25) is 0 Å². The van der Waals surface area contributed by atoms with Crippen molar-refractivity contribution in [2.45, 2.75) is 37.8 Å². The molecule has 1 aliphatic carbocycles. The molecule has 2 aliphatic rings. The Balaban J connectivity index is 2.07. The molecular formula is C13H27N3. The van der Waals surface area contributed by atoms with E-state index in [9.17, 15) is 0 Å². The summed E-state index contributed by atoms with van der Waals surface area (Å²) in [6.07, 6.45) is 5.65. The van der Waals surface area contributed by atoms with E-state index in [1.807, 2.05) is 0 Å². The van der Waals surface area contributed by atoms with Crippen molar-refractivity contribution in [3.8, 4) is 0 Å². The fourth-order valence-corrected chi connectivity index (χ4v) is 3.22. The zero-order valence-corrected chi connectivity index (χ0v) is 11.2. The second-order valence-electron chi connectivity index (χ2n) is 5.68. The van der Waals surface area contributed by atoms with Gasteiger partial charge in [-0.25, -0.2) is 0 Å². The van der Waals surface area contributed by atoms with Crippen LogP contribution in [0, 0.1) is 0 Å². The Morgan fingerprint density at radius 3 is 1.56 bits per heavy atom. The molecule has 16 heavy (non-hydrogen) atoms. The molecule has 1 aliphatic heterocycles.